The first kappa shape index (κ1) is 19.6. The van der Waals surface area contributed by atoms with E-state index in [0.717, 1.165) is 12.1 Å². The highest BCUT2D eigenvalue weighted by molar-refractivity contribution is 9.10. The lowest BCUT2D eigenvalue weighted by Crippen LogP contribution is -2.43. The van der Waals surface area contributed by atoms with Crippen molar-refractivity contribution < 1.29 is 27.6 Å². The van der Waals surface area contributed by atoms with Crippen LogP contribution in [-0.4, -0.2) is 31.3 Å². The zero-order chi connectivity index (χ0) is 19.3. The van der Waals surface area contributed by atoms with Gasteiger partial charge in [0.25, 0.3) is 5.91 Å². The molecule has 3 amide bonds. The van der Waals surface area contributed by atoms with Gasteiger partial charge in [-0.25, -0.2) is 8.78 Å². The van der Waals surface area contributed by atoms with Crippen molar-refractivity contribution in [3.05, 3.63) is 58.0 Å². The maximum absolute atomic E-state index is 13.4. The fourth-order valence-electron chi connectivity index (χ4n) is 2.03. The molecule has 1 heterocycles. The lowest BCUT2D eigenvalue weighted by molar-refractivity contribution is -0.128. The van der Waals surface area contributed by atoms with Gasteiger partial charge in [0.05, 0.1) is 6.54 Å². The van der Waals surface area contributed by atoms with E-state index in [-0.39, 0.29) is 11.3 Å². The molecule has 0 aliphatic carbocycles. The molecule has 0 radical (unpaired) electrons. The van der Waals surface area contributed by atoms with E-state index in [1.54, 1.807) is 0 Å². The van der Waals surface area contributed by atoms with Gasteiger partial charge in [0.2, 0.25) is 11.8 Å². The van der Waals surface area contributed by atoms with Gasteiger partial charge in [-0.05, 0) is 45.8 Å². The third-order valence-corrected chi connectivity index (χ3v) is 3.72. The van der Waals surface area contributed by atoms with Gasteiger partial charge in [-0.2, -0.15) is 0 Å². The zero-order valence-corrected chi connectivity index (χ0v) is 15.0. The number of halogens is 3. The molecule has 1 unspecified atom stereocenters. The van der Waals surface area contributed by atoms with Gasteiger partial charge in [-0.15, -0.1) is 0 Å². The normalized spacial score (nSPS) is 11.5. The number of carbonyl (C=O) groups excluding carboxylic acids is 3. The van der Waals surface area contributed by atoms with Crippen molar-refractivity contribution in [2.24, 2.45) is 0 Å². The van der Waals surface area contributed by atoms with Gasteiger partial charge in [-0.1, -0.05) is 6.07 Å². The summed E-state index contributed by atoms with van der Waals surface area (Å²) in [5.74, 6) is -4.20. The van der Waals surface area contributed by atoms with Crippen molar-refractivity contribution in [3.63, 3.8) is 0 Å². The number of amides is 3. The first-order chi connectivity index (χ1) is 12.3. The molecule has 3 N–H and O–H groups in total. The second kappa shape index (κ2) is 8.56. The SMILES string of the molecule is CNC(=O)C(NC(=O)CNC(=O)c1ccc(Br)o1)c1ccc(F)c(F)c1. The Bertz CT molecular complexity index is 841. The Hall–Kier alpha value is -2.75. The van der Waals surface area contributed by atoms with Crippen molar-refractivity contribution in [2.75, 3.05) is 13.6 Å². The molecule has 10 heteroatoms. The van der Waals surface area contributed by atoms with E-state index in [9.17, 15) is 23.2 Å². The lowest BCUT2D eigenvalue weighted by Gasteiger charge is -2.18. The number of benzene rings is 1. The van der Waals surface area contributed by atoms with Gasteiger partial charge in [-0.3, -0.25) is 14.4 Å². The maximum atomic E-state index is 13.4. The molecule has 0 bridgehead atoms. The van der Waals surface area contributed by atoms with Crippen LogP contribution in [-0.2, 0) is 9.59 Å². The molecular formula is C16H14BrF2N3O4. The van der Waals surface area contributed by atoms with E-state index < -0.39 is 41.9 Å². The lowest BCUT2D eigenvalue weighted by atomic mass is 10.1. The number of furan rings is 1. The molecule has 2 aromatic rings. The zero-order valence-electron chi connectivity index (χ0n) is 13.4. The minimum Gasteiger partial charge on any atom is -0.444 e. The maximum Gasteiger partial charge on any atom is 0.287 e. The predicted octanol–water partition coefficient (Wildman–Crippen LogP) is 1.65. The Morgan fingerprint density at radius 1 is 1.15 bits per heavy atom. The first-order valence-corrected chi connectivity index (χ1v) is 8.10. The van der Waals surface area contributed by atoms with Crippen LogP contribution in [0.2, 0.25) is 0 Å². The third kappa shape index (κ3) is 4.88. The van der Waals surface area contributed by atoms with Crippen LogP contribution >= 0.6 is 15.9 Å². The number of carbonyl (C=O) groups is 3. The number of likely N-dealkylation sites (N-methyl/N-ethyl adjacent to an activating group) is 1. The van der Waals surface area contributed by atoms with Crippen LogP contribution in [0.5, 0.6) is 0 Å². The van der Waals surface area contributed by atoms with Crippen molar-refractivity contribution in [1.29, 1.82) is 0 Å². The summed E-state index contributed by atoms with van der Waals surface area (Å²) in [4.78, 5) is 35.8. The summed E-state index contributed by atoms with van der Waals surface area (Å²) < 4.78 is 31.8. The Labute approximate surface area is 155 Å². The predicted molar refractivity (Wildman–Crippen MR) is 90.0 cm³/mol. The number of hydrogen-bond donors (Lipinski definition) is 3. The molecule has 1 aromatic carbocycles. The Kier molecular flexibility index (Phi) is 6.45. The van der Waals surface area contributed by atoms with Crippen LogP contribution in [0.25, 0.3) is 0 Å². The van der Waals surface area contributed by atoms with E-state index in [1.165, 1.54) is 25.2 Å². The molecule has 1 atom stereocenters. The summed E-state index contributed by atoms with van der Waals surface area (Å²) in [5, 5.41) is 6.98. The Morgan fingerprint density at radius 3 is 2.46 bits per heavy atom. The van der Waals surface area contributed by atoms with Crippen molar-refractivity contribution in [3.8, 4) is 0 Å². The summed E-state index contributed by atoms with van der Waals surface area (Å²) in [6.07, 6.45) is 0. The summed E-state index contributed by atoms with van der Waals surface area (Å²) in [5.41, 5.74) is 0.0536. The second-order valence-corrected chi connectivity index (χ2v) is 5.86. The van der Waals surface area contributed by atoms with Gasteiger partial charge in [0, 0.05) is 7.05 Å². The molecular weight excluding hydrogens is 416 g/mol. The Balaban J connectivity index is 2.03. The van der Waals surface area contributed by atoms with Gasteiger partial charge in [0.15, 0.2) is 22.1 Å². The van der Waals surface area contributed by atoms with Crippen LogP contribution in [0.15, 0.2) is 39.4 Å². The first-order valence-electron chi connectivity index (χ1n) is 7.31. The molecule has 0 saturated carbocycles. The standard InChI is InChI=1S/C16H14BrF2N3O4/c1-20-16(25)14(8-2-3-9(18)10(19)6-8)22-13(23)7-21-15(24)11-4-5-12(17)26-11/h2-6,14H,7H2,1H3,(H,20,25)(H,21,24)(H,22,23). The van der Waals surface area contributed by atoms with E-state index in [1.807, 2.05) is 0 Å². The quantitative estimate of drug-likeness (QED) is 0.649. The fraction of sp³-hybridized carbons (Fsp3) is 0.188. The van der Waals surface area contributed by atoms with Crippen LogP contribution in [0.1, 0.15) is 22.2 Å². The molecule has 0 spiro atoms. The highest BCUT2D eigenvalue weighted by Gasteiger charge is 2.23. The number of nitrogens with one attached hydrogen (secondary N) is 3. The van der Waals surface area contributed by atoms with Crippen molar-refractivity contribution in [2.45, 2.75) is 6.04 Å². The summed E-state index contributed by atoms with van der Waals surface area (Å²) >= 11 is 3.05. The average Bonchev–Trinajstić information content (AvgIpc) is 3.06. The largest absolute Gasteiger partial charge is 0.444 e. The summed E-state index contributed by atoms with van der Waals surface area (Å²) in [6, 6.07) is 4.51. The highest BCUT2D eigenvalue weighted by atomic mass is 79.9. The van der Waals surface area contributed by atoms with Crippen molar-refractivity contribution in [1.82, 2.24) is 16.0 Å². The molecule has 0 saturated heterocycles. The average molecular weight is 430 g/mol. The second-order valence-electron chi connectivity index (χ2n) is 5.07. The van der Waals surface area contributed by atoms with E-state index >= 15 is 0 Å². The number of rotatable bonds is 6. The molecule has 7 nitrogen and oxygen atoms in total. The van der Waals surface area contributed by atoms with E-state index in [2.05, 4.69) is 31.9 Å². The molecule has 1 aromatic heterocycles. The van der Waals surface area contributed by atoms with Crippen molar-refractivity contribution >= 4 is 33.7 Å². The van der Waals surface area contributed by atoms with Gasteiger partial charge >= 0.3 is 0 Å². The number of hydrogen-bond acceptors (Lipinski definition) is 4. The van der Waals surface area contributed by atoms with E-state index in [4.69, 9.17) is 4.42 Å². The van der Waals surface area contributed by atoms with E-state index in [0.29, 0.717) is 4.67 Å². The van der Waals surface area contributed by atoms with Crippen LogP contribution in [0.4, 0.5) is 8.78 Å². The molecule has 26 heavy (non-hydrogen) atoms. The molecule has 2 rings (SSSR count). The van der Waals surface area contributed by atoms with Crippen LogP contribution < -0.4 is 16.0 Å². The molecule has 0 aliphatic heterocycles. The molecule has 138 valence electrons. The summed E-state index contributed by atoms with van der Waals surface area (Å²) in [6.45, 7) is -0.450. The van der Waals surface area contributed by atoms with Crippen LogP contribution in [0.3, 0.4) is 0 Å². The molecule has 0 fully saturated rings. The minimum atomic E-state index is -1.25. The Morgan fingerprint density at radius 2 is 1.88 bits per heavy atom. The third-order valence-electron chi connectivity index (χ3n) is 3.30. The van der Waals surface area contributed by atoms with Gasteiger partial charge < -0.3 is 20.4 Å². The smallest absolute Gasteiger partial charge is 0.287 e. The molecule has 0 aliphatic rings. The monoisotopic (exact) mass is 429 g/mol. The highest BCUT2D eigenvalue weighted by Crippen LogP contribution is 2.17. The fourth-order valence-corrected chi connectivity index (χ4v) is 2.34. The topological polar surface area (TPSA) is 100 Å². The summed E-state index contributed by atoms with van der Waals surface area (Å²) in [7, 11) is 1.33. The van der Waals surface area contributed by atoms with Gasteiger partial charge in [0.1, 0.15) is 6.04 Å². The minimum absolute atomic E-state index is 0.00636. The van der Waals surface area contributed by atoms with Crippen LogP contribution in [0, 0.1) is 11.6 Å².